The van der Waals surface area contributed by atoms with E-state index in [2.05, 4.69) is 0 Å². The number of hydrogen-bond acceptors (Lipinski definition) is 8. The molecule has 0 aliphatic heterocycles. The standard InChI is InChI=1S/C16H16I2O10S2/c1-25-13-7(17)5-9(29(19,20)21)11(15(13)27-3)12-10(30(22,23)24)6-8(18)14(26-2)16(12)28-4/h5-6H,1-4H3,(H,19,20,21)(H,22,23,24). The van der Waals surface area contributed by atoms with Gasteiger partial charge in [-0.3, -0.25) is 9.11 Å². The second-order valence-electron chi connectivity index (χ2n) is 5.55. The molecular weight excluding hydrogens is 670 g/mol. The van der Waals surface area contributed by atoms with Crippen molar-refractivity contribution in [3.8, 4) is 34.1 Å². The molecule has 0 amide bonds. The van der Waals surface area contributed by atoms with Crippen LogP contribution in [0.3, 0.4) is 0 Å². The summed E-state index contributed by atoms with van der Waals surface area (Å²) in [6, 6.07) is 2.15. The van der Waals surface area contributed by atoms with Crippen molar-refractivity contribution in [2.75, 3.05) is 28.4 Å². The predicted octanol–water partition coefficient (Wildman–Crippen LogP) is 3.09. The van der Waals surface area contributed by atoms with Gasteiger partial charge in [-0.25, -0.2) is 0 Å². The summed E-state index contributed by atoms with van der Waals surface area (Å²) in [7, 11) is -4.79. The zero-order chi connectivity index (χ0) is 23.0. The van der Waals surface area contributed by atoms with Gasteiger partial charge in [0.1, 0.15) is 9.79 Å². The van der Waals surface area contributed by atoms with Crippen LogP contribution in [-0.4, -0.2) is 54.4 Å². The zero-order valence-electron chi connectivity index (χ0n) is 15.9. The summed E-state index contributed by atoms with van der Waals surface area (Å²) in [4.78, 5) is -1.37. The van der Waals surface area contributed by atoms with Crippen LogP contribution in [0.1, 0.15) is 0 Å². The number of hydrogen-bond donors (Lipinski definition) is 2. The summed E-state index contributed by atoms with van der Waals surface area (Å²) in [6.45, 7) is 0. The largest absolute Gasteiger partial charge is 0.492 e. The van der Waals surface area contributed by atoms with Gasteiger partial charge < -0.3 is 18.9 Å². The van der Waals surface area contributed by atoms with Gasteiger partial charge >= 0.3 is 0 Å². The first-order valence-corrected chi connectivity index (χ1v) is 12.7. The Kier molecular flexibility index (Phi) is 7.71. The number of methoxy groups -OCH3 is 4. The molecule has 10 nitrogen and oxygen atoms in total. The van der Waals surface area contributed by atoms with Crippen molar-refractivity contribution >= 4 is 65.4 Å². The molecule has 0 unspecified atom stereocenters. The summed E-state index contributed by atoms with van der Waals surface area (Å²) >= 11 is 3.54. The lowest BCUT2D eigenvalue weighted by Crippen LogP contribution is -2.10. The highest BCUT2D eigenvalue weighted by Crippen LogP contribution is 2.53. The highest BCUT2D eigenvalue weighted by molar-refractivity contribution is 14.1. The Morgan fingerprint density at radius 2 is 0.900 bits per heavy atom. The zero-order valence-corrected chi connectivity index (χ0v) is 21.8. The first kappa shape index (κ1) is 25.2. The van der Waals surface area contributed by atoms with Gasteiger partial charge in [0.25, 0.3) is 20.2 Å². The first-order valence-electron chi connectivity index (χ1n) is 7.67. The second kappa shape index (κ2) is 9.19. The third-order valence-corrected chi connectivity index (χ3v) is 7.29. The highest BCUT2D eigenvalue weighted by Gasteiger charge is 2.34. The average Bonchev–Trinajstić information content (AvgIpc) is 2.64. The molecule has 0 bridgehead atoms. The minimum Gasteiger partial charge on any atom is -0.492 e. The van der Waals surface area contributed by atoms with E-state index in [0.717, 1.165) is 12.1 Å². The predicted molar refractivity (Wildman–Crippen MR) is 123 cm³/mol. The third kappa shape index (κ3) is 4.57. The van der Waals surface area contributed by atoms with Gasteiger partial charge in [0.2, 0.25) is 0 Å². The molecule has 0 spiro atoms. The lowest BCUT2D eigenvalue weighted by molar-refractivity contribution is 0.347. The molecule has 2 rings (SSSR count). The number of rotatable bonds is 7. The molecule has 0 radical (unpaired) electrons. The van der Waals surface area contributed by atoms with Gasteiger partial charge in [-0.05, 0) is 57.3 Å². The van der Waals surface area contributed by atoms with E-state index in [1.54, 1.807) is 45.2 Å². The summed E-state index contributed by atoms with van der Waals surface area (Å²) in [5.74, 6) is -0.269. The quantitative estimate of drug-likeness (QED) is 0.329. The normalized spacial score (nSPS) is 11.9. The lowest BCUT2D eigenvalue weighted by atomic mass is 10.0. The van der Waals surface area contributed by atoms with Crippen molar-refractivity contribution in [3.63, 3.8) is 0 Å². The molecule has 14 heteroatoms. The van der Waals surface area contributed by atoms with Gasteiger partial charge in [-0.2, -0.15) is 16.8 Å². The van der Waals surface area contributed by atoms with Crippen molar-refractivity contribution in [2.24, 2.45) is 0 Å². The molecular formula is C16H16I2O10S2. The van der Waals surface area contributed by atoms with Gasteiger partial charge in [0.15, 0.2) is 23.0 Å². The van der Waals surface area contributed by atoms with Gasteiger partial charge in [-0.1, -0.05) is 0 Å². The Labute approximate surface area is 200 Å². The molecule has 2 aromatic rings. The van der Waals surface area contributed by atoms with Gasteiger partial charge in [0.05, 0.1) is 46.7 Å². The van der Waals surface area contributed by atoms with Crippen LogP contribution in [0.4, 0.5) is 0 Å². The van der Waals surface area contributed by atoms with E-state index in [9.17, 15) is 25.9 Å². The molecule has 2 aromatic carbocycles. The van der Waals surface area contributed by atoms with Crippen LogP contribution in [0.15, 0.2) is 21.9 Å². The Hall–Kier alpha value is -1.08. The van der Waals surface area contributed by atoms with Crippen molar-refractivity contribution < 1.29 is 44.9 Å². The fraction of sp³-hybridized carbons (Fsp3) is 0.250. The van der Waals surface area contributed by atoms with Crippen LogP contribution < -0.4 is 18.9 Å². The Morgan fingerprint density at radius 1 is 0.633 bits per heavy atom. The lowest BCUT2D eigenvalue weighted by Gasteiger charge is -2.22. The van der Waals surface area contributed by atoms with E-state index >= 15 is 0 Å². The van der Waals surface area contributed by atoms with Gasteiger partial charge in [0, 0.05) is 0 Å². The third-order valence-electron chi connectivity index (χ3n) is 3.93. The van der Waals surface area contributed by atoms with Crippen molar-refractivity contribution in [1.29, 1.82) is 0 Å². The van der Waals surface area contributed by atoms with E-state index in [1.165, 1.54) is 28.4 Å². The maximum Gasteiger partial charge on any atom is 0.295 e. The number of halogens is 2. The number of ether oxygens (including phenoxy) is 4. The summed E-state index contributed by atoms with van der Waals surface area (Å²) in [5.41, 5.74) is -0.784. The molecule has 0 saturated carbocycles. The molecule has 0 atom stereocenters. The summed E-state index contributed by atoms with van der Waals surface area (Å²) in [6.07, 6.45) is 0. The first-order chi connectivity index (χ1) is 13.8. The van der Waals surface area contributed by atoms with Crippen molar-refractivity contribution in [1.82, 2.24) is 0 Å². The molecule has 166 valence electrons. The fourth-order valence-electron chi connectivity index (χ4n) is 2.82. The monoisotopic (exact) mass is 686 g/mol. The van der Waals surface area contributed by atoms with Crippen LogP contribution in [-0.2, 0) is 20.2 Å². The topological polar surface area (TPSA) is 146 Å². The maximum atomic E-state index is 12.2. The minimum absolute atomic E-state index is 0.0707. The van der Waals surface area contributed by atoms with Crippen LogP contribution >= 0.6 is 45.2 Å². The van der Waals surface area contributed by atoms with Crippen LogP contribution in [0.5, 0.6) is 23.0 Å². The van der Waals surface area contributed by atoms with E-state index in [1.807, 2.05) is 0 Å². The molecule has 0 fully saturated rings. The van der Waals surface area contributed by atoms with E-state index in [0.29, 0.717) is 0 Å². The molecule has 0 saturated heterocycles. The summed E-state index contributed by atoms with van der Waals surface area (Å²) < 4.78 is 90.3. The molecule has 0 aliphatic carbocycles. The van der Waals surface area contributed by atoms with Crippen LogP contribution in [0.25, 0.3) is 11.1 Å². The highest BCUT2D eigenvalue weighted by atomic mass is 127. The van der Waals surface area contributed by atoms with E-state index < -0.39 is 41.2 Å². The summed E-state index contributed by atoms with van der Waals surface area (Å²) in [5, 5.41) is 0. The molecule has 0 aliphatic rings. The van der Waals surface area contributed by atoms with Crippen LogP contribution in [0, 0.1) is 7.14 Å². The molecule has 0 aromatic heterocycles. The van der Waals surface area contributed by atoms with Crippen molar-refractivity contribution in [2.45, 2.75) is 9.79 Å². The average molecular weight is 686 g/mol. The maximum absolute atomic E-state index is 12.2. The molecule has 0 heterocycles. The SMILES string of the molecule is COc1c(I)cc(S(=O)(=O)O)c(-c2c(S(=O)(=O)O)cc(I)c(OC)c2OC)c1OC. The molecule has 2 N–H and O–H groups in total. The van der Waals surface area contributed by atoms with E-state index in [4.69, 9.17) is 18.9 Å². The second-order valence-corrected chi connectivity index (χ2v) is 10.7. The fourth-order valence-corrected chi connectivity index (χ4v) is 6.24. The molecule has 30 heavy (non-hydrogen) atoms. The minimum atomic E-state index is -4.89. The Bertz CT molecular complexity index is 1110. The Morgan fingerprint density at radius 3 is 1.10 bits per heavy atom. The number of benzene rings is 2. The van der Waals surface area contributed by atoms with Gasteiger partial charge in [-0.15, -0.1) is 0 Å². The van der Waals surface area contributed by atoms with E-state index in [-0.39, 0.29) is 30.1 Å². The van der Waals surface area contributed by atoms with Crippen LogP contribution in [0.2, 0.25) is 0 Å². The Balaban J connectivity index is 3.34. The smallest absolute Gasteiger partial charge is 0.295 e. The van der Waals surface area contributed by atoms with Crippen molar-refractivity contribution in [3.05, 3.63) is 19.3 Å².